The summed E-state index contributed by atoms with van der Waals surface area (Å²) >= 11 is 5.67. The molecule has 0 aliphatic rings. The molecule has 1 N–H and O–H groups in total. The normalized spacial score (nSPS) is 11.7. The van der Waals surface area contributed by atoms with Crippen molar-refractivity contribution in [1.29, 1.82) is 0 Å². The quantitative estimate of drug-likeness (QED) is 0.918. The Morgan fingerprint density at radius 1 is 1.42 bits per heavy atom. The van der Waals surface area contributed by atoms with Crippen LogP contribution in [0.15, 0.2) is 18.2 Å². The summed E-state index contributed by atoms with van der Waals surface area (Å²) in [7, 11) is 0. The SMILES string of the molecule is CC(C)N(CC(F)(F)F)c1ccc(Cl)cc1C(=O)O. The van der Waals surface area contributed by atoms with Gasteiger partial charge in [0.05, 0.1) is 11.3 Å². The third-order valence-electron chi connectivity index (χ3n) is 2.47. The van der Waals surface area contributed by atoms with Crippen molar-refractivity contribution in [3.8, 4) is 0 Å². The van der Waals surface area contributed by atoms with Crippen LogP contribution in [-0.2, 0) is 0 Å². The topological polar surface area (TPSA) is 40.5 Å². The first kappa shape index (κ1) is 15.6. The van der Waals surface area contributed by atoms with Crippen LogP contribution in [0.4, 0.5) is 18.9 Å². The Morgan fingerprint density at radius 3 is 2.42 bits per heavy atom. The van der Waals surface area contributed by atoms with Crippen molar-refractivity contribution in [3.63, 3.8) is 0 Å². The second-order valence-electron chi connectivity index (χ2n) is 4.30. The molecule has 1 aromatic carbocycles. The van der Waals surface area contributed by atoms with Gasteiger partial charge in [-0.25, -0.2) is 4.79 Å². The molecule has 0 aliphatic heterocycles. The van der Waals surface area contributed by atoms with E-state index in [1.54, 1.807) is 13.8 Å². The van der Waals surface area contributed by atoms with Gasteiger partial charge in [0.2, 0.25) is 0 Å². The molecular formula is C12H13ClF3NO2. The standard InChI is InChI=1S/C12H13ClF3NO2/c1-7(2)17(6-12(14,15)16)10-4-3-8(13)5-9(10)11(18)19/h3-5,7H,6H2,1-2H3,(H,18,19). The van der Waals surface area contributed by atoms with Gasteiger partial charge in [-0.1, -0.05) is 11.6 Å². The molecule has 0 bridgehead atoms. The van der Waals surface area contributed by atoms with Crippen LogP contribution in [0.25, 0.3) is 0 Å². The van der Waals surface area contributed by atoms with E-state index in [1.807, 2.05) is 0 Å². The first-order valence-electron chi connectivity index (χ1n) is 5.48. The second kappa shape index (κ2) is 5.69. The number of carboxylic acid groups (broad SMARTS) is 1. The lowest BCUT2D eigenvalue weighted by Gasteiger charge is -2.31. The molecule has 0 saturated carbocycles. The maximum absolute atomic E-state index is 12.5. The second-order valence-corrected chi connectivity index (χ2v) is 4.74. The number of hydrogen-bond donors (Lipinski definition) is 1. The van der Waals surface area contributed by atoms with E-state index in [4.69, 9.17) is 16.7 Å². The van der Waals surface area contributed by atoms with Gasteiger partial charge >= 0.3 is 12.1 Å². The minimum atomic E-state index is -4.42. The number of benzene rings is 1. The number of carbonyl (C=O) groups is 1. The fourth-order valence-corrected chi connectivity index (χ4v) is 1.84. The minimum absolute atomic E-state index is 0.00391. The highest BCUT2D eigenvalue weighted by atomic mass is 35.5. The Balaban J connectivity index is 3.27. The molecule has 0 aliphatic carbocycles. The molecule has 3 nitrogen and oxygen atoms in total. The van der Waals surface area contributed by atoms with E-state index in [9.17, 15) is 18.0 Å². The maximum Gasteiger partial charge on any atom is 0.405 e. The predicted octanol–water partition coefficient (Wildman–Crippen LogP) is 3.82. The average molecular weight is 296 g/mol. The molecule has 0 saturated heterocycles. The monoisotopic (exact) mass is 295 g/mol. The van der Waals surface area contributed by atoms with E-state index in [0.29, 0.717) is 0 Å². The summed E-state index contributed by atoms with van der Waals surface area (Å²) in [6.45, 7) is 1.91. The summed E-state index contributed by atoms with van der Waals surface area (Å²) in [6.07, 6.45) is -4.42. The lowest BCUT2D eigenvalue weighted by atomic mass is 10.1. The summed E-state index contributed by atoms with van der Waals surface area (Å²) in [5.74, 6) is -1.31. The van der Waals surface area contributed by atoms with Crippen LogP contribution in [0.1, 0.15) is 24.2 Å². The Bertz CT molecular complexity index is 475. The minimum Gasteiger partial charge on any atom is -0.478 e. The van der Waals surface area contributed by atoms with Crippen molar-refractivity contribution >= 4 is 23.3 Å². The summed E-state index contributed by atoms with van der Waals surface area (Å²) < 4.78 is 37.6. The maximum atomic E-state index is 12.5. The first-order chi connectivity index (χ1) is 8.61. The molecule has 0 radical (unpaired) electrons. The van der Waals surface area contributed by atoms with Crippen LogP contribution in [-0.4, -0.2) is 29.8 Å². The molecule has 0 aromatic heterocycles. The number of halogens is 4. The highest BCUT2D eigenvalue weighted by Gasteiger charge is 2.33. The smallest absolute Gasteiger partial charge is 0.405 e. The van der Waals surface area contributed by atoms with Crippen LogP contribution in [0.5, 0.6) is 0 Å². The van der Waals surface area contributed by atoms with Gasteiger partial charge in [0.1, 0.15) is 6.54 Å². The molecular weight excluding hydrogens is 283 g/mol. The van der Waals surface area contributed by atoms with E-state index < -0.39 is 24.7 Å². The van der Waals surface area contributed by atoms with Crippen molar-refractivity contribution in [2.24, 2.45) is 0 Å². The van der Waals surface area contributed by atoms with Crippen molar-refractivity contribution < 1.29 is 23.1 Å². The molecule has 0 amide bonds. The summed E-state index contributed by atoms with van der Waals surface area (Å²) in [5, 5.41) is 9.22. The van der Waals surface area contributed by atoms with Crippen molar-refractivity contribution in [1.82, 2.24) is 0 Å². The first-order valence-corrected chi connectivity index (χ1v) is 5.86. The Labute approximate surface area is 113 Å². The van der Waals surface area contributed by atoms with Gasteiger partial charge in [-0.2, -0.15) is 13.2 Å². The van der Waals surface area contributed by atoms with Gasteiger partial charge in [-0.05, 0) is 32.0 Å². The fraction of sp³-hybridized carbons (Fsp3) is 0.417. The van der Waals surface area contributed by atoms with Gasteiger partial charge in [0, 0.05) is 11.1 Å². The van der Waals surface area contributed by atoms with Crippen LogP contribution in [0.3, 0.4) is 0 Å². The van der Waals surface area contributed by atoms with E-state index >= 15 is 0 Å². The molecule has 1 aromatic rings. The molecule has 106 valence electrons. The molecule has 7 heteroatoms. The van der Waals surface area contributed by atoms with E-state index in [2.05, 4.69) is 0 Å². The highest BCUT2D eigenvalue weighted by Crippen LogP contribution is 2.29. The molecule has 19 heavy (non-hydrogen) atoms. The van der Waals surface area contributed by atoms with Gasteiger partial charge in [0.25, 0.3) is 0 Å². The molecule has 1 rings (SSSR count). The number of nitrogens with zero attached hydrogens (tertiary/aromatic N) is 1. The number of aromatic carboxylic acids is 1. The van der Waals surface area contributed by atoms with Crippen LogP contribution in [0.2, 0.25) is 5.02 Å². The summed E-state index contributed by atoms with van der Waals surface area (Å²) in [5.41, 5.74) is -0.241. The zero-order valence-corrected chi connectivity index (χ0v) is 11.1. The van der Waals surface area contributed by atoms with Crippen LogP contribution in [0, 0.1) is 0 Å². The Kier molecular flexibility index (Phi) is 4.68. The largest absolute Gasteiger partial charge is 0.478 e. The third kappa shape index (κ3) is 4.31. The lowest BCUT2D eigenvalue weighted by molar-refractivity contribution is -0.120. The van der Waals surface area contributed by atoms with Crippen LogP contribution >= 0.6 is 11.6 Å². The lowest BCUT2D eigenvalue weighted by Crippen LogP contribution is -2.40. The molecule has 0 heterocycles. The summed E-state index contributed by atoms with van der Waals surface area (Å²) in [6, 6.07) is 3.30. The van der Waals surface area contributed by atoms with Gasteiger partial charge in [-0.15, -0.1) is 0 Å². The zero-order chi connectivity index (χ0) is 14.8. The molecule has 0 fully saturated rings. The van der Waals surface area contributed by atoms with Gasteiger partial charge in [-0.3, -0.25) is 0 Å². The number of anilines is 1. The predicted molar refractivity (Wildman–Crippen MR) is 66.9 cm³/mol. The number of carboxylic acids is 1. The van der Waals surface area contributed by atoms with Crippen molar-refractivity contribution in [3.05, 3.63) is 28.8 Å². The van der Waals surface area contributed by atoms with Gasteiger partial charge < -0.3 is 10.0 Å². The fourth-order valence-electron chi connectivity index (χ4n) is 1.67. The Hall–Kier alpha value is -1.43. The van der Waals surface area contributed by atoms with E-state index in [-0.39, 0.29) is 16.3 Å². The molecule has 0 unspecified atom stereocenters. The Morgan fingerprint density at radius 2 is 2.00 bits per heavy atom. The molecule has 0 spiro atoms. The highest BCUT2D eigenvalue weighted by molar-refractivity contribution is 6.31. The van der Waals surface area contributed by atoms with Crippen molar-refractivity contribution in [2.75, 3.05) is 11.4 Å². The zero-order valence-electron chi connectivity index (χ0n) is 10.3. The number of hydrogen-bond acceptors (Lipinski definition) is 2. The van der Waals surface area contributed by atoms with Crippen molar-refractivity contribution in [2.45, 2.75) is 26.1 Å². The number of rotatable bonds is 4. The van der Waals surface area contributed by atoms with Crippen LogP contribution < -0.4 is 4.90 Å². The van der Waals surface area contributed by atoms with Gasteiger partial charge in [0.15, 0.2) is 0 Å². The average Bonchev–Trinajstić information content (AvgIpc) is 2.24. The van der Waals surface area contributed by atoms with E-state index in [1.165, 1.54) is 12.1 Å². The molecule has 0 atom stereocenters. The number of alkyl halides is 3. The van der Waals surface area contributed by atoms with E-state index in [0.717, 1.165) is 11.0 Å². The summed E-state index contributed by atoms with van der Waals surface area (Å²) in [4.78, 5) is 12.1. The third-order valence-corrected chi connectivity index (χ3v) is 2.71.